The summed E-state index contributed by atoms with van der Waals surface area (Å²) in [7, 11) is -4.10. The summed E-state index contributed by atoms with van der Waals surface area (Å²) in [5.74, 6) is -1.70. The first-order valence-electron chi connectivity index (χ1n) is 15.1. The van der Waals surface area contributed by atoms with E-state index >= 15 is 0 Å². The zero-order valence-corrected chi connectivity index (χ0v) is 27.4. The molecule has 4 aromatic rings. The molecule has 4 rings (SSSR count). The van der Waals surface area contributed by atoms with Gasteiger partial charge in [0, 0.05) is 31.8 Å². The SMILES string of the molecule is CC(=O)Nc1ccc(OP(=O)(CN[C@@H](Cc2ccc(-c3ccccc3)cc2)C(=O)NCCC(=O)O)Oc2ccc(NC(C)=O)cc2)cc1. The van der Waals surface area contributed by atoms with E-state index in [0.29, 0.717) is 11.4 Å². The van der Waals surface area contributed by atoms with Crippen molar-refractivity contribution in [3.63, 3.8) is 0 Å². The van der Waals surface area contributed by atoms with Gasteiger partial charge < -0.3 is 30.1 Å². The van der Waals surface area contributed by atoms with Gasteiger partial charge in [0.2, 0.25) is 17.7 Å². The van der Waals surface area contributed by atoms with E-state index in [2.05, 4.69) is 21.3 Å². The van der Waals surface area contributed by atoms with Crippen LogP contribution in [0.1, 0.15) is 25.8 Å². The zero-order valence-electron chi connectivity index (χ0n) is 26.5. The molecule has 0 aliphatic heterocycles. The van der Waals surface area contributed by atoms with Crippen LogP contribution in [0.4, 0.5) is 11.4 Å². The van der Waals surface area contributed by atoms with E-state index in [0.717, 1.165) is 16.7 Å². The molecule has 4 aromatic carbocycles. The van der Waals surface area contributed by atoms with Crippen molar-refractivity contribution in [1.29, 1.82) is 0 Å². The Kier molecular flexibility index (Phi) is 12.5. The number of hydrogen-bond acceptors (Lipinski definition) is 8. The van der Waals surface area contributed by atoms with Gasteiger partial charge >= 0.3 is 13.6 Å². The molecule has 48 heavy (non-hydrogen) atoms. The van der Waals surface area contributed by atoms with Crippen LogP contribution in [-0.2, 0) is 30.2 Å². The second-order valence-electron chi connectivity index (χ2n) is 10.8. The monoisotopic (exact) mass is 672 g/mol. The van der Waals surface area contributed by atoms with Gasteiger partial charge in [0.15, 0.2) is 0 Å². The van der Waals surface area contributed by atoms with Gasteiger partial charge in [0.25, 0.3) is 0 Å². The number of aliphatic carboxylic acids is 1. The highest BCUT2D eigenvalue weighted by molar-refractivity contribution is 7.54. The fraction of sp³-hybridized carbons (Fsp3) is 0.200. The summed E-state index contributed by atoms with van der Waals surface area (Å²) in [6.07, 6.45) is -0.490. The van der Waals surface area contributed by atoms with Crippen LogP contribution in [0.2, 0.25) is 0 Å². The third-order valence-corrected chi connectivity index (χ3v) is 8.37. The number of carbonyl (C=O) groups is 4. The van der Waals surface area contributed by atoms with Crippen LogP contribution in [-0.4, -0.2) is 47.7 Å². The zero-order chi connectivity index (χ0) is 34.5. The predicted octanol–water partition coefficient (Wildman–Crippen LogP) is 5.67. The van der Waals surface area contributed by atoms with Gasteiger partial charge in [-0.1, -0.05) is 54.6 Å². The summed E-state index contributed by atoms with van der Waals surface area (Å²) in [5, 5.41) is 20.0. The Morgan fingerprint density at radius 1 is 0.708 bits per heavy atom. The highest BCUT2D eigenvalue weighted by atomic mass is 31.2. The maximum atomic E-state index is 14.3. The Balaban J connectivity index is 1.56. The maximum Gasteiger partial charge on any atom is 0.444 e. The van der Waals surface area contributed by atoms with Crippen LogP contribution in [0.25, 0.3) is 11.1 Å². The first-order valence-corrected chi connectivity index (χ1v) is 16.8. The number of carboxylic acids is 1. The van der Waals surface area contributed by atoms with Gasteiger partial charge in [-0.25, -0.2) is 4.57 Å². The van der Waals surface area contributed by atoms with Crippen molar-refractivity contribution in [2.45, 2.75) is 32.7 Å². The number of hydrogen-bond donors (Lipinski definition) is 5. The van der Waals surface area contributed by atoms with Crippen molar-refractivity contribution >= 4 is 42.7 Å². The minimum absolute atomic E-state index is 0.0920. The number of amides is 3. The largest absolute Gasteiger partial charge is 0.481 e. The first kappa shape index (κ1) is 35.4. The summed E-state index contributed by atoms with van der Waals surface area (Å²) in [6.45, 7) is 2.66. The first-order chi connectivity index (χ1) is 23.0. The van der Waals surface area contributed by atoms with Crippen LogP contribution in [0.3, 0.4) is 0 Å². The molecule has 5 N–H and O–H groups in total. The molecule has 0 spiro atoms. The molecular formula is C35H37N4O8P. The molecule has 13 heteroatoms. The molecule has 12 nitrogen and oxygen atoms in total. The molecule has 0 aliphatic carbocycles. The number of carbonyl (C=O) groups excluding carboxylic acids is 3. The molecule has 1 atom stereocenters. The second-order valence-corrected chi connectivity index (χ2v) is 12.7. The fourth-order valence-electron chi connectivity index (χ4n) is 4.60. The van der Waals surface area contributed by atoms with Crippen molar-refractivity contribution in [3.8, 4) is 22.6 Å². The van der Waals surface area contributed by atoms with Crippen molar-refractivity contribution in [2.24, 2.45) is 0 Å². The summed E-state index contributed by atoms with van der Waals surface area (Å²) < 4.78 is 26.1. The molecule has 0 heterocycles. The van der Waals surface area contributed by atoms with E-state index in [-0.39, 0.29) is 42.7 Å². The molecule has 0 saturated carbocycles. The van der Waals surface area contributed by atoms with Crippen LogP contribution in [0, 0.1) is 0 Å². The number of carboxylic acid groups (broad SMARTS) is 1. The average Bonchev–Trinajstić information content (AvgIpc) is 3.05. The minimum atomic E-state index is -4.10. The van der Waals surface area contributed by atoms with Gasteiger partial charge in [0.05, 0.1) is 12.5 Å². The Morgan fingerprint density at radius 3 is 1.69 bits per heavy atom. The van der Waals surface area contributed by atoms with Gasteiger partial charge in [-0.2, -0.15) is 0 Å². The summed E-state index contributed by atoms with van der Waals surface area (Å²) in [5.41, 5.74) is 3.85. The third-order valence-electron chi connectivity index (χ3n) is 6.83. The molecule has 250 valence electrons. The molecule has 0 aromatic heterocycles. The lowest BCUT2D eigenvalue weighted by molar-refractivity contribution is -0.137. The van der Waals surface area contributed by atoms with E-state index in [1.54, 1.807) is 24.3 Å². The number of benzene rings is 4. The normalized spacial score (nSPS) is 11.5. The lowest BCUT2D eigenvalue weighted by Gasteiger charge is -2.24. The lowest BCUT2D eigenvalue weighted by atomic mass is 10.0. The minimum Gasteiger partial charge on any atom is -0.481 e. The van der Waals surface area contributed by atoms with Gasteiger partial charge in [-0.05, 0) is 71.6 Å². The van der Waals surface area contributed by atoms with Crippen LogP contribution in [0.5, 0.6) is 11.5 Å². The van der Waals surface area contributed by atoms with Gasteiger partial charge in [0.1, 0.15) is 17.8 Å². The molecule has 0 unspecified atom stereocenters. The molecular weight excluding hydrogens is 635 g/mol. The van der Waals surface area contributed by atoms with Crippen molar-refractivity contribution < 1.29 is 37.9 Å². The summed E-state index contributed by atoms with van der Waals surface area (Å²) >= 11 is 0. The highest BCUT2D eigenvalue weighted by Crippen LogP contribution is 2.48. The molecule has 0 bridgehead atoms. The quantitative estimate of drug-likeness (QED) is 0.0941. The van der Waals surface area contributed by atoms with E-state index in [1.165, 1.54) is 38.1 Å². The Hall–Kier alpha value is -5.45. The van der Waals surface area contributed by atoms with E-state index in [4.69, 9.17) is 14.2 Å². The smallest absolute Gasteiger partial charge is 0.444 e. The topological polar surface area (TPSA) is 172 Å². The van der Waals surface area contributed by atoms with Crippen LogP contribution in [0.15, 0.2) is 103 Å². The third kappa shape index (κ3) is 11.4. The van der Waals surface area contributed by atoms with Crippen LogP contribution < -0.4 is 30.3 Å². The molecule has 0 radical (unpaired) electrons. The number of anilines is 2. The van der Waals surface area contributed by atoms with E-state index < -0.39 is 31.8 Å². The molecule has 0 aliphatic rings. The van der Waals surface area contributed by atoms with Crippen molar-refractivity contribution in [3.05, 3.63) is 109 Å². The lowest BCUT2D eigenvalue weighted by Crippen LogP contribution is -2.46. The second kappa shape index (κ2) is 16.9. The Morgan fingerprint density at radius 2 is 1.21 bits per heavy atom. The van der Waals surface area contributed by atoms with Crippen molar-refractivity contribution in [2.75, 3.05) is 23.5 Å². The number of rotatable bonds is 16. The van der Waals surface area contributed by atoms with E-state index in [9.17, 15) is 23.7 Å². The van der Waals surface area contributed by atoms with Crippen LogP contribution >= 0.6 is 7.60 Å². The molecule has 3 amide bonds. The maximum absolute atomic E-state index is 14.3. The summed E-state index contributed by atoms with van der Waals surface area (Å²) in [6, 6.07) is 28.9. The Bertz CT molecular complexity index is 1680. The molecule has 0 saturated heterocycles. The highest BCUT2D eigenvalue weighted by Gasteiger charge is 2.31. The van der Waals surface area contributed by atoms with E-state index in [1.807, 2.05) is 54.6 Å². The fourth-order valence-corrected chi connectivity index (χ4v) is 6.10. The predicted molar refractivity (Wildman–Crippen MR) is 183 cm³/mol. The van der Waals surface area contributed by atoms with Gasteiger partial charge in [-0.15, -0.1) is 0 Å². The molecule has 0 fully saturated rings. The van der Waals surface area contributed by atoms with Gasteiger partial charge in [-0.3, -0.25) is 24.5 Å². The average molecular weight is 673 g/mol. The number of nitrogens with one attached hydrogen (secondary N) is 4. The Labute approximate surface area is 278 Å². The summed E-state index contributed by atoms with van der Waals surface area (Å²) in [4.78, 5) is 47.2. The van der Waals surface area contributed by atoms with Crippen molar-refractivity contribution in [1.82, 2.24) is 10.6 Å². The standard InChI is InChI=1S/C35H37N4O8P/c1-24(40)38-29-12-16-31(17-13-29)46-48(45,47-32-18-14-30(15-19-32)39-25(2)41)23-37-33(35(44)36-21-20-34(42)43)22-26-8-10-28(11-9-26)27-6-4-3-5-7-27/h3-19,33,37H,20-23H2,1-2H3,(H,36,44)(H,38,40)(H,39,41)(H,42,43)/t33-/m0/s1.